The molecule has 0 spiro atoms. The molecule has 0 aliphatic rings. The molecule has 20 heavy (non-hydrogen) atoms. The molecule has 1 aromatic rings. The number of nitrogens with one attached hydrogen (secondary N) is 2. The second kappa shape index (κ2) is 6.68. The average Bonchev–Trinajstić information content (AvgIpc) is 2.36. The Kier molecular flexibility index (Phi) is 5.23. The summed E-state index contributed by atoms with van der Waals surface area (Å²) in [6, 6.07) is 2.25. The first-order valence-electron chi connectivity index (χ1n) is 5.38. The summed E-state index contributed by atoms with van der Waals surface area (Å²) in [6.45, 7) is 0.0243. The van der Waals surface area contributed by atoms with Crippen LogP contribution in [0, 0.1) is 10.1 Å². The van der Waals surface area contributed by atoms with Gasteiger partial charge in [0.05, 0.1) is 9.95 Å². The van der Waals surface area contributed by atoms with Crippen LogP contribution in [0.25, 0.3) is 0 Å². The maximum absolute atomic E-state index is 11.8. The highest BCUT2D eigenvalue weighted by molar-refractivity contribution is 6.34. The van der Waals surface area contributed by atoms with Gasteiger partial charge in [-0.15, -0.1) is 0 Å². The van der Waals surface area contributed by atoms with Gasteiger partial charge in [-0.1, -0.05) is 11.6 Å². The van der Waals surface area contributed by atoms with Crippen LogP contribution in [-0.4, -0.2) is 23.3 Å². The molecule has 108 valence electrons. The Morgan fingerprint density at radius 2 is 2.05 bits per heavy atom. The standard InChI is InChI=1S/C10H12ClN5O4/c11-6-3-5(10(18)14-2-1-8(12)17)4-7(16(19)20)9(6)15-13/h3-4,15H,1-2,13H2,(H2,12,17)(H,14,18). The van der Waals surface area contributed by atoms with Gasteiger partial charge in [0.25, 0.3) is 11.6 Å². The molecule has 0 saturated heterocycles. The summed E-state index contributed by atoms with van der Waals surface area (Å²) >= 11 is 5.81. The van der Waals surface area contributed by atoms with Crippen molar-refractivity contribution in [2.75, 3.05) is 12.0 Å². The van der Waals surface area contributed by atoms with Crippen LogP contribution in [0.15, 0.2) is 12.1 Å². The number of nitrogen functional groups attached to an aromatic ring is 1. The van der Waals surface area contributed by atoms with Crippen LogP contribution >= 0.6 is 11.6 Å². The number of hydrogen-bond donors (Lipinski definition) is 4. The first-order valence-corrected chi connectivity index (χ1v) is 5.75. The Bertz CT molecular complexity index is 563. The number of amides is 2. The SMILES string of the molecule is NNc1c(Cl)cc(C(=O)NCCC(N)=O)cc1[N+](=O)[O-]. The van der Waals surface area contributed by atoms with Gasteiger partial charge in [-0.2, -0.15) is 0 Å². The Morgan fingerprint density at radius 3 is 2.55 bits per heavy atom. The number of carbonyl (C=O) groups is 2. The van der Waals surface area contributed by atoms with E-state index in [0.29, 0.717) is 0 Å². The number of nitrogens with zero attached hydrogens (tertiary/aromatic N) is 1. The lowest BCUT2D eigenvalue weighted by molar-refractivity contribution is -0.384. The van der Waals surface area contributed by atoms with Gasteiger partial charge < -0.3 is 16.5 Å². The summed E-state index contributed by atoms with van der Waals surface area (Å²) in [6.07, 6.45) is -0.0377. The number of anilines is 1. The van der Waals surface area contributed by atoms with Crippen molar-refractivity contribution in [1.82, 2.24) is 5.32 Å². The summed E-state index contributed by atoms with van der Waals surface area (Å²) in [5.74, 6) is 3.95. The molecule has 0 aliphatic carbocycles. The molecule has 2 amide bonds. The minimum atomic E-state index is -0.721. The van der Waals surface area contributed by atoms with Crippen LogP contribution in [0.5, 0.6) is 0 Å². The second-order valence-corrected chi connectivity index (χ2v) is 4.13. The van der Waals surface area contributed by atoms with Gasteiger partial charge in [-0.3, -0.25) is 25.5 Å². The fraction of sp³-hybridized carbons (Fsp3) is 0.200. The number of halogens is 1. The van der Waals surface area contributed by atoms with Crippen LogP contribution < -0.4 is 22.3 Å². The van der Waals surface area contributed by atoms with E-state index in [9.17, 15) is 19.7 Å². The molecule has 6 N–H and O–H groups in total. The Labute approximate surface area is 118 Å². The van der Waals surface area contributed by atoms with Gasteiger partial charge in [0.1, 0.15) is 5.69 Å². The van der Waals surface area contributed by atoms with E-state index in [1.807, 2.05) is 0 Å². The van der Waals surface area contributed by atoms with Crippen molar-refractivity contribution in [3.05, 3.63) is 32.8 Å². The number of rotatable bonds is 6. The molecular weight excluding hydrogens is 290 g/mol. The number of primary amides is 1. The van der Waals surface area contributed by atoms with Crippen molar-refractivity contribution >= 4 is 34.8 Å². The summed E-state index contributed by atoms with van der Waals surface area (Å²) in [5, 5.41) is 13.2. The third-order valence-corrected chi connectivity index (χ3v) is 2.63. The Morgan fingerprint density at radius 1 is 1.40 bits per heavy atom. The van der Waals surface area contributed by atoms with Crippen molar-refractivity contribution in [3.63, 3.8) is 0 Å². The molecule has 0 saturated carbocycles. The van der Waals surface area contributed by atoms with Crippen LogP contribution in [0.3, 0.4) is 0 Å². The third kappa shape index (κ3) is 3.80. The van der Waals surface area contributed by atoms with Crippen molar-refractivity contribution in [1.29, 1.82) is 0 Å². The molecule has 0 atom stereocenters. The predicted molar refractivity (Wildman–Crippen MR) is 72.1 cm³/mol. The molecular formula is C10H12ClN5O4. The van der Waals surface area contributed by atoms with Crippen LogP contribution in [0.1, 0.15) is 16.8 Å². The van der Waals surface area contributed by atoms with Crippen LogP contribution in [0.2, 0.25) is 5.02 Å². The highest BCUT2D eigenvalue weighted by Crippen LogP contribution is 2.32. The lowest BCUT2D eigenvalue weighted by Gasteiger charge is -2.08. The number of benzene rings is 1. The number of hydrogen-bond acceptors (Lipinski definition) is 6. The van der Waals surface area contributed by atoms with E-state index < -0.39 is 22.4 Å². The molecule has 0 radical (unpaired) electrons. The molecule has 0 heterocycles. The number of carbonyl (C=O) groups excluding carboxylic acids is 2. The smallest absolute Gasteiger partial charge is 0.295 e. The maximum atomic E-state index is 11.8. The van der Waals surface area contributed by atoms with Crippen molar-refractivity contribution in [3.8, 4) is 0 Å². The van der Waals surface area contributed by atoms with Gasteiger partial charge in [-0.05, 0) is 6.07 Å². The monoisotopic (exact) mass is 301 g/mol. The molecule has 0 aliphatic heterocycles. The quantitative estimate of drug-likeness (QED) is 0.333. The molecule has 10 heteroatoms. The van der Waals surface area contributed by atoms with Crippen molar-refractivity contribution in [2.45, 2.75) is 6.42 Å². The third-order valence-electron chi connectivity index (χ3n) is 2.33. The summed E-state index contributed by atoms with van der Waals surface area (Å²) in [4.78, 5) is 32.4. The van der Waals surface area contributed by atoms with E-state index in [2.05, 4.69) is 10.7 Å². The minimum absolute atomic E-state index is 0.0230. The number of nitro groups is 1. The molecule has 9 nitrogen and oxygen atoms in total. The van der Waals surface area contributed by atoms with Crippen molar-refractivity contribution in [2.24, 2.45) is 11.6 Å². The number of hydrazine groups is 1. The topological polar surface area (TPSA) is 153 Å². The zero-order chi connectivity index (χ0) is 15.3. The normalized spacial score (nSPS) is 9.90. The van der Waals surface area contributed by atoms with E-state index in [0.717, 1.165) is 6.07 Å². The minimum Gasteiger partial charge on any atom is -0.370 e. The van der Waals surface area contributed by atoms with Gasteiger partial charge in [0.15, 0.2) is 0 Å². The van der Waals surface area contributed by atoms with Gasteiger partial charge in [-0.25, -0.2) is 0 Å². The molecule has 0 aromatic heterocycles. The van der Waals surface area contributed by atoms with Gasteiger partial charge in [0.2, 0.25) is 5.91 Å². The maximum Gasteiger partial charge on any atom is 0.295 e. The zero-order valence-electron chi connectivity index (χ0n) is 10.2. The first-order chi connectivity index (χ1) is 9.36. The van der Waals surface area contributed by atoms with Gasteiger partial charge in [0, 0.05) is 24.6 Å². The number of nitrogens with two attached hydrogens (primary N) is 2. The largest absolute Gasteiger partial charge is 0.370 e. The first kappa shape index (κ1) is 15.7. The Balaban J connectivity index is 2.99. The van der Waals surface area contributed by atoms with E-state index >= 15 is 0 Å². The van der Waals surface area contributed by atoms with E-state index in [1.165, 1.54) is 6.07 Å². The highest BCUT2D eigenvalue weighted by atomic mass is 35.5. The van der Waals surface area contributed by atoms with Gasteiger partial charge >= 0.3 is 0 Å². The van der Waals surface area contributed by atoms with Crippen LogP contribution in [-0.2, 0) is 4.79 Å². The van der Waals surface area contributed by atoms with E-state index in [4.69, 9.17) is 23.2 Å². The van der Waals surface area contributed by atoms with Crippen LogP contribution in [0.4, 0.5) is 11.4 Å². The highest BCUT2D eigenvalue weighted by Gasteiger charge is 2.20. The molecule has 1 aromatic carbocycles. The van der Waals surface area contributed by atoms with Crippen molar-refractivity contribution < 1.29 is 14.5 Å². The molecule has 0 bridgehead atoms. The van der Waals surface area contributed by atoms with E-state index in [1.54, 1.807) is 0 Å². The fourth-order valence-electron chi connectivity index (χ4n) is 1.41. The summed E-state index contributed by atoms with van der Waals surface area (Å²) < 4.78 is 0. The fourth-order valence-corrected chi connectivity index (χ4v) is 1.68. The van der Waals surface area contributed by atoms with E-state index in [-0.39, 0.29) is 29.2 Å². The number of nitro benzene ring substituents is 1. The average molecular weight is 302 g/mol. The summed E-state index contributed by atoms with van der Waals surface area (Å²) in [5.41, 5.74) is 6.48. The lowest BCUT2D eigenvalue weighted by Crippen LogP contribution is -2.28. The Hall–Kier alpha value is -2.39. The zero-order valence-corrected chi connectivity index (χ0v) is 10.9. The second-order valence-electron chi connectivity index (χ2n) is 3.73. The predicted octanol–water partition coefficient (Wildman–Crippen LogP) is 0.139. The molecule has 0 unspecified atom stereocenters. The lowest BCUT2D eigenvalue weighted by atomic mass is 10.1. The molecule has 1 rings (SSSR count). The summed E-state index contributed by atoms with van der Waals surface area (Å²) in [7, 11) is 0. The molecule has 0 fully saturated rings.